The molecule has 0 aromatic rings. The van der Waals surface area contributed by atoms with E-state index in [9.17, 15) is 9.59 Å². The summed E-state index contributed by atoms with van der Waals surface area (Å²) in [5.74, 6) is -0.230. The lowest BCUT2D eigenvalue weighted by Gasteiger charge is -2.37. The molecule has 0 aliphatic heterocycles. The largest absolute Gasteiger partial charge is 0.469 e. The Labute approximate surface area is 84.8 Å². The van der Waals surface area contributed by atoms with Crippen molar-refractivity contribution in [2.24, 2.45) is 10.8 Å². The van der Waals surface area contributed by atoms with Gasteiger partial charge in [0.1, 0.15) is 6.29 Å². The average molecular weight is 198 g/mol. The molecule has 1 rings (SSSR count). The number of hydrogen-bond donors (Lipinski definition) is 0. The molecule has 80 valence electrons. The van der Waals surface area contributed by atoms with Gasteiger partial charge in [-0.15, -0.1) is 0 Å². The minimum Gasteiger partial charge on any atom is -0.469 e. The number of carbonyl (C=O) groups is 2. The molecule has 14 heavy (non-hydrogen) atoms. The van der Waals surface area contributed by atoms with E-state index in [1.165, 1.54) is 7.11 Å². The van der Waals surface area contributed by atoms with Gasteiger partial charge in [0, 0.05) is 5.41 Å². The van der Waals surface area contributed by atoms with Crippen LogP contribution in [0.1, 0.15) is 39.5 Å². The quantitative estimate of drug-likeness (QED) is 0.514. The molecule has 0 spiro atoms. The molecule has 0 aromatic carbocycles. The lowest BCUT2D eigenvalue weighted by molar-refractivity contribution is -0.162. The number of methoxy groups -OCH3 is 1. The summed E-state index contributed by atoms with van der Waals surface area (Å²) in [7, 11) is 1.39. The van der Waals surface area contributed by atoms with E-state index in [-0.39, 0.29) is 5.97 Å². The zero-order valence-corrected chi connectivity index (χ0v) is 9.13. The predicted molar refractivity (Wildman–Crippen MR) is 52.8 cm³/mol. The minimum absolute atomic E-state index is 0.230. The first-order valence-corrected chi connectivity index (χ1v) is 5.05. The van der Waals surface area contributed by atoms with Crippen LogP contribution in [0.25, 0.3) is 0 Å². The smallest absolute Gasteiger partial charge is 0.312 e. The Morgan fingerprint density at radius 3 is 2.21 bits per heavy atom. The molecule has 3 nitrogen and oxygen atoms in total. The lowest BCUT2D eigenvalue weighted by atomic mass is 9.65. The zero-order chi connectivity index (χ0) is 10.8. The van der Waals surface area contributed by atoms with Crippen molar-refractivity contribution in [3.05, 3.63) is 0 Å². The third kappa shape index (κ3) is 1.45. The van der Waals surface area contributed by atoms with E-state index in [0.29, 0.717) is 0 Å². The van der Waals surface area contributed by atoms with Gasteiger partial charge in [0.25, 0.3) is 0 Å². The Hall–Kier alpha value is -0.860. The zero-order valence-electron chi connectivity index (χ0n) is 9.13. The van der Waals surface area contributed by atoms with E-state index in [0.717, 1.165) is 32.0 Å². The van der Waals surface area contributed by atoms with Gasteiger partial charge in [-0.1, -0.05) is 26.7 Å². The summed E-state index contributed by atoms with van der Waals surface area (Å²) < 4.78 is 4.83. The van der Waals surface area contributed by atoms with Crippen molar-refractivity contribution in [1.82, 2.24) is 0 Å². The maximum absolute atomic E-state index is 11.8. The molecule has 1 saturated carbocycles. The fourth-order valence-electron chi connectivity index (χ4n) is 2.40. The normalized spacial score (nSPS) is 20.5. The van der Waals surface area contributed by atoms with Gasteiger partial charge >= 0.3 is 5.97 Å². The highest BCUT2D eigenvalue weighted by Crippen LogP contribution is 2.51. The van der Waals surface area contributed by atoms with Gasteiger partial charge in [-0.2, -0.15) is 0 Å². The molecular formula is C11H18O3. The van der Waals surface area contributed by atoms with E-state index in [4.69, 9.17) is 4.74 Å². The van der Waals surface area contributed by atoms with Crippen LogP contribution in [0.5, 0.6) is 0 Å². The van der Waals surface area contributed by atoms with Gasteiger partial charge in [-0.05, 0) is 12.8 Å². The van der Waals surface area contributed by atoms with E-state index in [1.807, 2.05) is 13.8 Å². The maximum atomic E-state index is 11.8. The van der Waals surface area contributed by atoms with Crippen LogP contribution in [0.3, 0.4) is 0 Å². The van der Waals surface area contributed by atoms with Crippen molar-refractivity contribution in [1.29, 1.82) is 0 Å². The number of hydrogen-bond acceptors (Lipinski definition) is 3. The van der Waals surface area contributed by atoms with Crippen LogP contribution >= 0.6 is 0 Å². The number of aldehydes is 1. The highest BCUT2D eigenvalue weighted by molar-refractivity contribution is 5.83. The monoisotopic (exact) mass is 198 g/mol. The Kier molecular flexibility index (Phi) is 2.98. The maximum Gasteiger partial charge on any atom is 0.312 e. The Balaban J connectivity index is 3.04. The first kappa shape index (κ1) is 11.2. The van der Waals surface area contributed by atoms with Crippen molar-refractivity contribution in [2.45, 2.75) is 39.5 Å². The summed E-state index contributed by atoms with van der Waals surface area (Å²) in [5, 5.41) is 0. The molecule has 0 N–H and O–H groups in total. The van der Waals surface area contributed by atoms with Crippen LogP contribution in [0.2, 0.25) is 0 Å². The second-order valence-corrected chi connectivity index (χ2v) is 4.62. The van der Waals surface area contributed by atoms with E-state index in [2.05, 4.69) is 0 Å². The van der Waals surface area contributed by atoms with Gasteiger partial charge in [-0.3, -0.25) is 4.79 Å². The third-order valence-corrected chi connectivity index (χ3v) is 3.56. The number of ether oxygens (including phenoxy) is 1. The van der Waals surface area contributed by atoms with E-state index < -0.39 is 10.8 Å². The summed E-state index contributed by atoms with van der Waals surface area (Å²) in [6.45, 7) is 3.64. The second-order valence-electron chi connectivity index (χ2n) is 4.62. The average Bonchev–Trinajstić information content (AvgIpc) is 2.66. The summed E-state index contributed by atoms with van der Waals surface area (Å²) in [6.07, 6.45) is 4.44. The molecule has 3 heteroatoms. The number of carbonyl (C=O) groups excluding carboxylic acids is 2. The van der Waals surface area contributed by atoms with Crippen LogP contribution < -0.4 is 0 Å². The van der Waals surface area contributed by atoms with Crippen LogP contribution in [0.4, 0.5) is 0 Å². The molecule has 0 saturated heterocycles. The Morgan fingerprint density at radius 1 is 1.36 bits per heavy atom. The summed E-state index contributed by atoms with van der Waals surface area (Å²) in [5.41, 5.74) is -1.19. The molecule has 0 heterocycles. The van der Waals surface area contributed by atoms with Crippen LogP contribution in [-0.4, -0.2) is 19.4 Å². The third-order valence-electron chi connectivity index (χ3n) is 3.56. The highest BCUT2D eigenvalue weighted by Gasteiger charge is 2.53. The Bertz CT molecular complexity index is 237. The summed E-state index contributed by atoms with van der Waals surface area (Å²) >= 11 is 0. The molecule has 1 fully saturated rings. The summed E-state index contributed by atoms with van der Waals surface area (Å²) in [4.78, 5) is 22.8. The molecule has 1 aliphatic carbocycles. The highest BCUT2D eigenvalue weighted by atomic mass is 16.5. The molecule has 0 bridgehead atoms. The van der Waals surface area contributed by atoms with Crippen molar-refractivity contribution in [3.8, 4) is 0 Å². The number of rotatable bonds is 3. The lowest BCUT2D eigenvalue weighted by Crippen LogP contribution is -2.44. The first-order chi connectivity index (χ1) is 6.50. The molecule has 0 radical (unpaired) electrons. The van der Waals surface area contributed by atoms with Gasteiger partial charge < -0.3 is 9.53 Å². The van der Waals surface area contributed by atoms with Crippen molar-refractivity contribution >= 4 is 12.3 Å². The Morgan fingerprint density at radius 2 is 1.86 bits per heavy atom. The van der Waals surface area contributed by atoms with Crippen molar-refractivity contribution in [2.75, 3.05) is 7.11 Å². The molecular weight excluding hydrogens is 180 g/mol. The minimum atomic E-state index is -0.614. The van der Waals surface area contributed by atoms with Crippen molar-refractivity contribution in [3.63, 3.8) is 0 Å². The van der Waals surface area contributed by atoms with Gasteiger partial charge in [0.05, 0.1) is 12.5 Å². The predicted octanol–water partition coefficient (Wildman–Crippen LogP) is 1.94. The van der Waals surface area contributed by atoms with Crippen molar-refractivity contribution < 1.29 is 14.3 Å². The topological polar surface area (TPSA) is 43.4 Å². The van der Waals surface area contributed by atoms with Gasteiger partial charge in [0.2, 0.25) is 0 Å². The number of esters is 1. The van der Waals surface area contributed by atoms with Gasteiger partial charge in [-0.25, -0.2) is 0 Å². The van der Waals surface area contributed by atoms with Gasteiger partial charge in [0.15, 0.2) is 0 Å². The molecule has 1 aliphatic rings. The fraction of sp³-hybridized carbons (Fsp3) is 0.818. The van der Waals surface area contributed by atoms with Crippen LogP contribution in [0, 0.1) is 10.8 Å². The van der Waals surface area contributed by atoms with Crippen LogP contribution in [-0.2, 0) is 14.3 Å². The van der Waals surface area contributed by atoms with Crippen LogP contribution in [0.15, 0.2) is 0 Å². The SMILES string of the molecule is COC(=O)C1(C(C)(C)C=O)CCCC1. The van der Waals surface area contributed by atoms with E-state index in [1.54, 1.807) is 0 Å². The molecule has 0 aromatic heterocycles. The standard InChI is InChI=1S/C11H18O3/c1-10(2,8-12)11(9(13)14-3)6-4-5-7-11/h8H,4-7H2,1-3H3. The second kappa shape index (κ2) is 3.71. The molecule has 0 amide bonds. The molecule has 0 unspecified atom stereocenters. The molecule has 0 atom stereocenters. The first-order valence-electron chi connectivity index (χ1n) is 5.05. The fourth-order valence-corrected chi connectivity index (χ4v) is 2.40. The van der Waals surface area contributed by atoms with E-state index >= 15 is 0 Å². The summed E-state index contributed by atoms with van der Waals surface area (Å²) in [6, 6.07) is 0.